The van der Waals surface area contributed by atoms with Crippen LogP contribution >= 0.6 is 22.7 Å². The van der Waals surface area contributed by atoms with E-state index in [2.05, 4.69) is 15.5 Å². The van der Waals surface area contributed by atoms with Crippen molar-refractivity contribution in [2.45, 2.75) is 0 Å². The Morgan fingerprint density at radius 3 is 2.88 bits per heavy atom. The molecule has 0 radical (unpaired) electrons. The van der Waals surface area contributed by atoms with Gasteiger partial charge in [0.05, 0.1) is 10.6 Å². The van der Waals surface area contributed by atoms with Crippen LogP contribution in [0.4, 0.5) is 9.52 Å². The van der Waals surface area contributed by atoms with Gasteiger partial charge in [0.15, 0.2) is 16.6 Å². The fraction of sp³-hybridized carbons (Fsp3) is 0. The minimum Gasteiger partial charge on any atom is -0.355 e. The van der Waals surface area contributed by atoms with Crippen LogP contribution in [0, 0.1) is 5.82 Å². The monoisotopic (exact) mass is 371 g/mol. The topological polar surface area (TPSA) is 68.0 Å². The maximum absolute atomic E-state index is 13.3. The van der Waals surface area contributed by atoms with Gasteiger partial charge in [0.1, 0.15) is 5.82 Å². The Kier molecular flexibility index (Phi) is 4.12. The van der Waals surface area contributed by atoms with Crippen LogP contribution in [0.5, 0.6) is 0 Å². The van der Waals surface area contributed by atoms with Crippen LogP contribution in [0.15, 0.2) is 57.7 Å². The third kappa shape index (κ3) is 3.35. The van der Waals surface area contributed by atoms with Crippen molar-refractivity contribution in [1.29, 1.82) is 0 Å². The SMILES string of the molecule is O=C(Nc1nc(-c2cccc(F)c2)cs1)c1cc(-c2cccs2)on1. The summed E-state index contributed by atoms with van der Waals surface area (Å²) in [6.45, 7) is 0. The maximum Gasteiger partial charge on any atom is 0.279 e. The Bertz CT molecular complexity index is 1020. The number of rotatable bonds is 4. The standard InChI is InChI=1S/C17H10FN3O2S2/c18-11-4-1-3-10(7-11)13-9-25-17(19-13)20-16(22)12-8-14(23-21-12)15-5-2-6-24-15/h1-9H,(H,19,20,22). The number of thiazole rings is 1. The number of thiophene rings is 1. The average Bonchev–Trinajstić information content (AvgIpc) is 3.35. The first-order valence-corrected chi connectivity index (χ1v) is 8.98. The van der Waals surface area contributed by atoms with E-state index in [0.29, 0.717) is 22.1 Å². The summed E-state index contributed by atoms with van der Waals surface area (Å²) in [6.07, 6.45) is 0. The molecule has 25 heavy (non-hydrogen) atoms. The molecule has 0 aliphatic rings. The van der Waals surface area contributed by atoms with Gasteiger partial charge in [0.25, 0.3) is 5.91 Å². The van der Waals surface area contributed by atoms with Crippen molar-refractivity contribution in [2.24, 2.45) is 0 Å². The number of aromatic nitrogens is 2. The highest BCUT2D eigenvalue weighted by Crippen LogP contribution is 2.27. The molecule has 4 rings (SSSR count). The van der Waals surface area contributed by atoms with E-state index in [1.165, 1.54) is 34.8 Å². The van der Waals surface area contributed by atoms with Crippen LogP contribution < -0.4 is 5.32 Å². The van der Waals surface area contributed by atoms with Crippen LogP contribution in [0.2, 0.25) is 0 Å². The number of anilines is 1. The second kappa shape index (κ2) is 6.58. The largest absolute Gasteiger partial charge is 0.355 e. The molecule has 124 valence electrons. The Morgan fingerprint density at radius 2 is 2.08 bits per heavy atom. The summed E-state index contributed by atoms with van der Waals surface area (Å²) in [5, 5.41) is 10.5. The van der Waals surface area contributed by atoms with Gasteiger partial charge in [-0.3, -0.25) is 10.1 Å². The van der Waals surface area contributed by atoms with Crippen LogP contribution in [0.1, 0.15) is 10.5 Å². The third-order valence-electron chi connectivity index (χ3n) is 3.35. The zero-order chi connectivity index (χ0) is 17.2. The quantitative estimate of drug-likeness (QED) is 0.553. The van der Waals surface area contributed by atoms with Crippen LogP contribution in [0.3, 0.4) is 0 Å². The smallest absolute Gasteiger partial charge is 0.279 e. The Morgan fingerprint density at radius 1 is 1.16 bits per heavy atom. The van der Waals surface area contributed by atoms with Gasteiger partial charge in [0.2, 0.25) is 0 Å². The summed E-state index contributed by atoms with van der Waals surface area (Å²) < 4.78 is 18.5. The molecule has 3 heterocycles. The lowest BCUT2D eigenvalue weighted by atomic mass is 10.2. The molecule has 0 bridgehead atoms. The molecule has 0 spiro atoms. The zero-order valence-electron chi connectivity index (χ0n) is 12.6. The molecular weight excluding hydrogens is 361 g/mol. The van der Waals surface area contributed by atoms with Crippen molar-refractivity contribution >= 4 is 33.7 Å². The predicted molar refractivity (Wildman–Crippen MR) is 95.3 cm³/mol. The van der Waals surface area contributed by atoms with Crippen LogP contribution in [0.25, 0.3) is 21.9 Å². The van der Waals surface area contributed by atoms with Crippen molar-refractivity contribution in [3.05, 3.63) is 64.7 Å². The normalized spacial score (nSPS) is 10.8. The van der Waals surface area contributed by atoms with E-state index in [1.807, 2.05) is 17.5 Å². The van der Waals surface area contributed by atoms with E-state index in [4.69, 9.17) is 4.52 Å². The first-order valence-electron chi connectivity index (χ1n) is 7.22. The second-order valence-electron chi connectivity index (χ2n) is 5.06. The molecule has 5 nitrogen and oxygen atoms in total. The van der Waals surface area contributed by atoms with Gasteiger partial charge < -0.3 is 4.52 Å². The molecule has 0 saturated carbocycles. The number of nitrogens with one attached hydrogen (secondary N) is 1. The fourth-order valence-corrected chi connectivity index (χ4v) is 3.58. The highest BCUT2D eigenvalue weighted by Gasteiger charge is 2.16. The number of benzene rings is 1. The lowest BCUT2D eigenvalue weighted by Crippen LogP contribution is -2.11. The van der Waals surface area contributed by atoms with E-state index >= 15 is 0 Å². The molecule has 3 aromatic heterocycles. The number of nitrogens with zero attached hydrogens (tertiary/aromatic N) is 2. The van der Waals surface area contributed by atoms with E-state index in [1.54, 1.807) is 23.6 Å². The molecule has 0 unspecified atom stereocenters. The molecule has 0 fully saturated rings. The molecule has 0 saturated heterocycles. The van der Waals surface area contributed by atoms with E-state index in [0.717, 1.165) is 4.88 Å². The molecule has 1 N–H and O–H groups in total. The number of halogens is 1. The Hall–Kier alpha value is -2.84. The van der Waals surface area contributed by atoms with Gasteiger partial charge in [-0.15, -0.1) is 22.7 Å². The molecule has 0 atom stereocenters. The third-order valence-corrected chi connectivity index (χ3v) is 4.99. The van der Waals surface area contributed by atoms with Gasteiger partial charge in [-0.2, -0.15) is 0 Å². The van der Waals surface area contributed by atoms with Gasteiger partial charge in [0, 0.05) is 17.0 Å². The van der Waals surface area contributed by atoms with Crippen molar-refractivity contribution < 1.29 is 13.7 Å². The Labute approximate surface area is 149 Å². The lowest BCUT2D eigenvalue weighted by Gasteiger charge is -1.98. The lowest BCUT2D eigenvalue weighted by molar-refractivity contribution is 0.101. The second-order valence-corrected chi connectivity index (χ2v) is 6.86. The number of amides is 1. The summed E-state index contributed by atoms with van der Waals surface area (Å²) in [5.41, 5.74) is 1.42. The van der Waals surface area contributed by atoms with Crippen LogP contribution in [-0.4, -0.2) is 16.0 Å². The molecule has 0 aliphatic carbocycles. The van der Waals surface area contributed by atoms with Crippen LogP contribution in [-0.2, 0) is 0 Å². The van der Waals surface area contributed by atoms with Crippen molar-refractivity contribution in [3.63, 3.8) is 0 Å². The van der Waals surface area contributed by atoms with Crippen molar-refractivity contribution in [1.82, 2.24) is 10.1 Å². The first kappa shape index (κ1) is 15.7. The van der Waals surface area contributed by atoms with Crippen molar-refractivity contribution in [2.75, 3.05) is 5.32 Å². The minimum atomic E-state index is -0.410. The summed E-state index contributed by atoms with van der Waals surface area (Å²) in [5.74, 6) is -0.203. The van der Waals surface area contributed by atoms with Crippen molar-refractivity contribution in [3.8, 4) is 21.9 Å². The molecule has 1 aromatic carbocycles. The van der Waals surface area contributed by atoms with E-state index in [-0.39, 0.29) is 11.5 Å². The molecule has 4 aromatic rings. The summed E-state index contributed by atoms with van der Waals surface area (Å²) >= 11 is 2.76. The van der Waals surface area contributed by atoms with Gasteiger partial charge >= 0.3 is 0 Å². The van der Waals surface area contributed by atoms with Gasteiger partial charge in [-0.1, -0.05) is 23.4 Å². The number of hydrogen-bond donors (Lipinski definition) is 1. The van der Waals surface area contributed by atoms with E-state index in [9.17, 15) is 9.18 Å². The summed E-state index contributed by atoms with van der Waals surface area (Å²) in [7, 11) is 0. The fourth-order valence-electron chi connectivity index (χ4n) is 2.19. The number of hydrogen-bond acceptors (Lipinski definition) is 6. The first-order chi connectivity index (χ1) is 12.2. The van der Waals surface area contributed by atoms with Gasteiger partial charge in [-0.25, -0.2) is 9.37 Å². The summed E-state index contributed by atoms with van der Waals surface area (Å²) in [6, 6.07) is 11.5. The van der Waals surface area contributed by atoms with Gasteiger partial charge in [-0.05, 0) is 23.6 Å². The summed E-state index contributed by atoms with van der Waals surface area (Å²) in [4.78, 5) is 17.5. The minimum absolute atomic E-state index is 0.172. The number of carbonyl (C=O) groups is 1. The highest BCUT2D eigenvalue weighted by molar-refractivity contribution is 7.14. The predicted octanol–water partition coefficient (Wildman–Crippen LogP) is 4.92. The number of carbonyl (C=O) groups excluding carboxylic acids is 1. The Balaban J connectivity index is 1.50. The maximum atomic E-state index is 13.3. The highest BCUT2D eigenvalue weighted by atomic mass is 32.1. The van der Waals surface area contributed by atoms with E-state index < -0.39 is 5.91 Å². The molecule has 0 aliphatic heterocycles. The molecule has 1 amide bonds. The molecule has 8 heteroatoms. The average molecular weight is 371 g/mol. The molecular formula is C17H10FN3O2S2. The zero-order valence-corrected chi connectivity index (χ0v) is 14.2.